The molecule has 0 saturated heterocycles. The zero-order chi connectivity index (χ0) is 14.5. The molecule has 0 radical (unpaired) electrons. The normalized spacial score (nSPS) is 10.8. The maximum absolute atomic E-state index is 5.31. The first-order valence-electron chi connectivity index (χ1n) is 6.51. The zero-order valence-electron chi connectivity index (χ0n) is 12.4. The van der Waals surface area contributed by atoms with Crippen LogP contribution < -0.4 is 15.0 Å². The lowest BCUT2D eigenvalue weighted by Gasteiger charge is -2.05. The molecule has 0 aliphatic rings. The van der Waals surface area contributed by atoms with E-state index in [2.05, 4.69) is 15.4 Å². The molecule has 20 heavy (non-hydrogen) atoms. The molecule has 0 atom stereocenters. The summed E-state index contributed by atoms with van der Waals surface area (Å²) in [6.45, 7) is 4.52. The van der Waals surface area contributed by atoms with Crippen LogP contribution in [0.3, 0.4) is 0 Å². The van der Waals surface area contributed by atoms with Gasteiger partial charge in [-0.25, -0.2) is 0 Å². The lowest BCUT2D eigenvalue weighted by molar-refractivity contribution is 0.394. The van der Waals surface area contributed by atoms with Crippen LogP contribution in [0.25, 0.3) is 0 Å². The summed E-state index contributed by atoms with van der Waals surface area (Å²) in [7, 11) is 5.62. The SMILES string of the molecule is COc1nc(N(C)C)sc1CNCCn1cc(C)cn1. The number of nitrogens with zero attached hydrogens (tertiary/aromatic N) is 4. The summed E-state index contributed by atoms with van der Waals surface area (Å²) in [5, 5.41) is 8.61. The average molecular weight is 295 g/mol. The Hall–Kier alpha value is -1.60. The number of nitrogens with one attached hydrogen (secondary N) is 1. The van der Waals surface area contributed by atoms with Crippen LogP contribution in [0.4, 0.5) is 5.13 Å². The van der Waals surface area contributed by atoms with Gasteiger partial charge in [-0.05, 0) is 12.5 Å². The van der Waals surface area contributed by atoms with Crippen molar-refractivity contribution in [2.75, 3.05) is 32.6 Å². The van der Waals surface area contributed by atoms with Crippen LogP contribution in [0.15, 0.2) is 12.4 Å². The van der Waals surface area contributed by atoms with Crippen molar-refractivity contribution < 1.29 is 4.74 Å². The van der Waals surface area contributed by atoms with Gasteiger partial charge in [0.05, 0.1) is 24.7 Å². The fraction of sp³-hybridized carbons (Fsp3) is 0.538. The van der Waals surface area contributed by atoms with Gasteiger partial charge < -0.3 is 15.0 Å². The highest BCUT2D eigenvalue weighted by atomic mass is 32.1. The fourth-order valence-corrected chi connectivity index (χ4v) is 2.70. The molecule has 0 aliphatic heterocycles. The second-order valence-electron chi connectivity index (χ2n) is 4.78. The van der Waals surface area contributed by atoms with E-state index in [0.717, 1.165) is 29.6 Å². The third kappa shape index (κ3) is 3.71. The van der Waals surface area contributed by atoms with Gasteiger partial charge in [0, 0.05) is 33.4 Å². The predicted octanol–water partition coefficient (Wildman–Crippen LogP) is 1.51. The number of hydrogen-bond donors (Lipinski definition) is 1. The molecule has 0 aliphatic carbocycles. The summed E-state index contributed by atoms with van der Waals surface area (Å²) < 4.78 is 7.25. The number of hydrogen-bond acceptors (Lipinski definition) is 6. The molecule has 2 aromatic rings. The topological polar surface area (TPSA) is 55.2 Å². The van der Waals surface area contributed by atoms with Gasteiger partial charge in [-0.1, -0.05) is 11.3 Å². The van der Waals surface area contributed by atoms with Crippen molar-refractivity contribution in [3.63, 3.8) is 0 Å². The van der Waals surface area contributed by atoms with Crippen molar-refractivity contribution in [3.05, 3.63) is 22.8 Å². The van der Waals surface area contributed by atoms with E-state index >= 15 is 0 Å². The van der Waals surface area contributed by atoms with Crippen molar-refractivity contribution >= 4 is 16.5 Å². The van der Waals surface area contributed by atoms with Crippen LogP contribution in [0.2, 0.25) is 0 Å². The van der Waals surface area contributed by atoms with Gasteiger partial charge in [0.25, 0.3) is 0 Å². The van der Waals surface area contributed by atoms with Crippen molar-refractivity contribution in [1.29, 1.82) is 0 Å². The van der Waals surface area contributed by atoms with E-state index < -0.39 is 0 Å². The van der Waals surface area contributed by atoms with E-state index in [-0.39, 0.29) is 0 Å². The maximum Gasteiger partial charge on any atom is 0.230 e. The highest BCUT2D eigenvalue weighted by Gasteiger charge is 2.12. The van der Waals surface area contributed by atoms with E-state index in [1.54, 1.807) is 18.4 Å². The molecule has 1 N–H and O–H groups in total. The molecule has 110 valence electrons. The van der Waals surface area contributed by atoms with E-state index in [0.29, 0.717) is 5.88 Å². The number of ether oxygens (including phenoxy) is 1. The molecule has 0 bridgehead atoms. The van der Waals surface area contributed by atoms with Crippen molar-refractivity contribution in [3.8, 4) is 5.88 Å². The number of methoxy groups -OCH3 is 1. The molecular weight excluding hydrogens is 274 g/mol. The lowest BCUT2D eigenvalue weighted by atomic mass is 10.4. The van der Waals surface area contributed by atoms with E-state index in [1.807, 2.05) is 43.0 Å². The molecule has 0 amide bonds. The van der Waals surface area contributed by atoms with Crippen LogP contribution in [0, 0.1) is 6.92 Å². The number of rotatable bonds is 7. The summed E-state index contributed by atoms with van der Waals surface area (Å²) >= 11 is 1.65. The summed E-state index contributed by atoms with van der Waals surface area (Å²) in [6, 6.07) is 0. The molecule has 6 nitrogen and oxygen atoms in total. The van der Waals surface area contributed by atoms with Crippen LogP contribution >= 0.6 is 11.3 Å². The average Bonchev–Trinajstić information content (AvgIpc) is 3.01. The predicted molar refractivity (Wildman–Crippen MR) is 81.7 cm³/mol. The molecular formula is C13H21N5OS. The van der Waals surface area contributed by atoms with Gasteiger partial charge in [-0.15, -0.1) is 0 Å². The second kappa shape index (κ2) is 6.71. The molecule has 7 heteroatoms. The minimum absolute atomic E-state index is 0.709. The quantitative estimate of drug-likeness (QED) is 0.785. The number of anilines is 1. The minimum Gasteiger partial charge on any atom is -0.480 e. The third-order valence-corrected chi connectivity index (χ3v) is 4.00. The minimum atomic E-state index is 0.709. The Kier molecular flexibility index (Phi) is 4.97. The maximum atomic E-state index is 5.31. The Labute approximate surface area is 123 Å². The Morgan fingerprint density at radius 2 is 2.25 bits per heavy atom. The lowest BCUT2D eigenvalue weighted by Crippen LogP contribution is -2.19. The Balaban J connectivity index is 1.84. The molecule has 0 fully saturated rings. The molecule has 0 saturated carbocycles. The van der Waals surface area contributed by atoms with Gasteiger partial charge in [-0.2, -0.15) is 10.1 Å². The van der Waals surface area contributed by atoms with Crippen LogP contribution in [0.5, 0.6) is 5.88 Å². The number of aromatic nitrogens is 3. The highest BCUT2D eigenvalue weighted by Crippen LogP contribution is 2.29. The van der Waals surface area contributed by atoms with Gasteiger partial charge in [0.2, 0.25) is 5.88 Å². The second-order valence-corrected chi connectivity index (χ2v) is 5.84. The molecule has 2 heterocycles. The molecule has 2 aromatic heterocycles. The zero-order valence-corrected chi connectivity index (χ0v) is 13.2. The van der Waals surface area contributed by atoms with Crippen LogP contribution in [-0.4, -0.2) is 42.5 Å². The standard InChI is InChI=1S/C13H21N5OS/c1-10-7-15-18(9-10)6-5-14-8-11-12(19-4)16-13(20-11)17(2)3/h7,9,14H,5-6,8H2,1-4H3. The molecule has 0 spiro atoms. The van der Waals surface area contributed by atoms with Gasteiger partial charge >= 0.3 is 0 Å². The van der Waals surface area contributed by atoms with E-state index in [9.17, 15) is 0 Å². The van der Waals surface area contributed by atoms with E-state index in [4.69, 9.17) is 4.74 Å². The first-order chi connectivity index (χ1) is 9.60. The Bertz CT molecular complexity index is 549. The van der Waals surface area contributed by atoms with Gasteiger partial charge in [-0.3, -0.25) is 4.68 Å². The summed E-state index contributed by atoms with van der Waals surface area (Å²) in [4.78, 5) is 7.54. The van der Waals surface area contributed by atoms with E-state index in [1.165, 1.54) is 5.56 Å². The van der Waals surface area contributed by atoms with Crippen LogP contribution in [-0.2, 0) is 13.1 Å². The number of aryl methyl sites for hydroxylation is 1. The molecule has 0 aromatic carbocycles. The third-order valence-electron chi connectivity index (χ3n) is 2.79. The van der Waals surface area contributed by atoms with Crippen LogP contribution in [0.1, 0.15) is 10.4 Å². The van der Waals surface area contributed by atoms with Crippen molar-refractivity contribution in [1.82, 2.24) is 20.1 Å². The Morgan fingerprint density at radius 3 is 2.85 bits per heavy atom. The first-order valence-corrected chi connectivity index (χ1v) is 7.32. The van der Waals surface area contributed by atoms with Gasteiger partial charge in [0.1, 0.15) is 0 Å². The van der Waals surface area contributed by atoms with Crippen molar-refractivity contribution in [2.45, 2.75) is 20.0 Å². The highest BCUT2D eigenvalue weighted by molar-refractivity contribution is 7.15. The Morgan fingerprint density at radius 1 is 1.45 bits per heavy atom. The molecule has 2 rings (SSSR count). The van der Waals surface area contributed by atoms with Crippen molar-refractivity contribution in [2.24, 2.45) is 0 Å². The largest absolute Gasteiger partial charge is 0.480 e. The first kappa shape index (κ1) is 14.8. The monoisotopic (exact) mass is 295 g/mol. The van der Waals surface area contributed by atoms with Gasteiger partial charge in [0.15, 0.2) is 5.13 Å². The molecule has 0 unspecified atom stereocenters. The smallest absolute Gasteiger partial charge is 0.230 e. The summed E-state index contributed by atoms with van der Waals surface area (Å²) in [5.74, 6) is 0.709. The fourth-order valence-electron chi connectivity index (χ4n) is 1.77. The number of thiazole rings is 1. The summed E-state index contributed by atoms with van der Waals surface area (Å²) in [6.07, 6.45) is 3.91. The summed E-state index contributed by atoms with van der Waals surface area (Å²) in [5.41, 5.74) is 1.18.